The summed E-state index contributed by atoms with van der Waals surface area (Å²) in [7, 11) is 0. The van der Waals surface area contributed by atoms with E-state index in [0.29, 0.717) is 29.2 Å². The molecular formula is C16H17N3O4S. The highest BCUT2D eigenvalue weighted by Gasteiger charge is 2.11. The van der Waals surface area contributed by atoms with Crippen molar-refractivity contribution in [2.45, 2.75) is 13.8 Å². The predicted molar refractivity (Wildman–Crippen MR) is 92.7 cm³/mol. The number of hydrogen-bond acceptors (Lipinski definition) is 5. The number of carbonyl (C=O) groups excluding carboxylic acids is 2. The lowest BCUT2D eigenvalue weighted by Gasteiger charge is -2.11. The third-order valence-corrected chi connectivity index (χ3v) is 3.25. The van der Waals surface area contributed by atoms with Gasteiger partial charge in [-0.15, -0.1) is 0 Å². The molecule has 0 bridgehead atoms. The molecule has 0 unspecified atom stereocenters. The second kappa shape index (κ2) is 8.11. The zero-order valence-electron chi connectivity index (χ0n) is 13.2. The number of hydrogen-bond donors (Lipinski definition) is 3. The molecule has 2 rings (SSSR count). The summed E-state index contributed by atoms with van der Waals surface area (Å²) >= 11 is 5.09. The van der Waals surface area contributed by atoms with Crippen LogP contribution in [0.5, 0.6) is 0 Å². The summed E-state index contributed by atoms with van der Waals surface area (Å²) in [5, 5.41) is 3.09. The summed E-state index contributed by atoms with van der Waals surface area (Å²) in [5.41, 5.74) is 6.59. The summed E-state index contributed by atoms with van der Waals surface area (Å²) in [6.07, 6.45) is 1.44. The monoisotopic (exact) mass is 347 g/mol. The average molecular weight is 347 g/mol. The van der Waals surface area contributed by atoms with Gasteiger partial charge in [0.05, 0.1) is 24.0 Å². The zero-order valence-corrected chi connectivity index (χ0v) is 14.0. The Bertz CT molecular complexity index is 740. The number of carbonyl (C=O) groups is 2. The molecule has 2 aromatic rings. The lowest BCUT2D eigenvalue weighted by atomic mass is 10.2. The average Bonchev–Trinajstić information content (AvgIpc) is 2.99. The normalized spacial score (nSPS) is 9.92. The van der Waals surface area contributed by atoms with Crippen molar-refractivity contribution >= 4 is 34.9 Å². The largest absolute Gasteiger partial charge is 0.469 e. The van der Waals surface area contributed by atoms with Crippen molar-refractivity contribution in [3.63, 3.8) is 0 Å². The molecule has 0 saturated carbocycles. The molecule has 1 amide bonds. The summed E-state index contributed by atoms with van der Waals surface area (Å²) in [4.78, 5) is 23.5. The van der Waals surface area contributed by atoms with E-state index in [0.717, 1.165) is 0 Å². The van der Waals surface area contributed by atoms with Crippen LogP contribution in [-0.2, 0) is 4.74 Å². The molecule has 3 N–H and O–H groups in total. The van der Waals surface area contributed by atoms with Crippen molar-refractivity contribution < 1.29 is 18.7 Å². The highest BCUT2D eigenvalue weighted by Crippen LogP contribution is 2.11. The maximum absolute atomic E-state index is 11.9. The van der Waals surface area contributed by atoms with E-state index >= 15 is 0 Å². The Hall–Kier alpha value is -2.87. The molecule has 1 aromatic heterocycles. The van der Waals surface area contributed by atoms with Crippen LogP contribution in [0.15, 0.2) is 41.0 Å². The first kappa shape index (κ1) is 17.5. The number of furan rings is 1. The van der Waals surface area contributed by atoms with Gasteiger partial charge in [0.1, 0.15) is 5.76 Å². The van der Waals surface area contributed by atoms with Crippen molar-refractivity contribution in [3.8, 4) is 0 Å². The molecule has 1 aromatic carbocycles. The molecule has 0 radical (unpaired) electrons. The van der Waals surface area contributed by atoms with Crippen molar-refractivity contribution in [3.05, 3.63) is 53.5 Å². The summed E-state index contributed by atoms with van der Waals surface area (Å²) in [6.45, 7) is 3.76. The number of hydrazine groups is 1. The molecular weight excluding hydrogens is 330 g/mol. The van der Waals surface area contributed by atoms with Gasteiger partial charge in [0.25, 0.3) is 5.91 Å². The Kier molecular flexibility index (Phi) is 5.91. The van der Waals surface area contributed by atoms with Gasteiger partial charge in [-0.1, -0.05) is 0 Å². The van der Waals surface area contributed by atoms with Crippen LogP contribution in [0.2, 0.25) is 0 Å². The number of thiocarbonyl (C=S) groups is 1. The van der Waals surface area contributed by atoms with E-state index in [-0.39, 0.29) is 17.0 Å². The van der Waals surface area contributed by atoms with Gasteiger partial charge < -0.3 is 14.5 Å². The minimum Gasteiger partial charge on any atom is -0.469 e. The van der Waals surface area contributed by atoms with Crippen LogP contribution < -0.4 is 16.2 Å². The smallest absolute Gasteiger partial charge is 0.338 e. The van der Waals surface area contributed by atoms with Gasteiger partial charge in [-0.25, -0.2) is 4.79 Å². The van der Waals surface area contributed by atoms with Crippen LogP contribution in [0.4, 0.5) is 5.69 Å². The third kappa shape index (κ3) is 4.56. The molecule has 126 valence electrons. The van der Waals surface area contributed by atoms with E-state index in [2.05, 4.69) is 16.2 Å². The Morgan fingerprint density at radius 1 is 1.17 bits per heavy atom. The highest BCUT2D eigenvalue weighted by molar-refractivity contribution is 7.80. The number of amides is 1. The summed E-state index contributed by atoms with van der Waals surface area (Å²) in [5.74, 6) is -0.224. The van der Waals surface area contributed by atoms with Crippen molar-refractivity contribution in [2.75, 3.05) is 11.9 Å². The number of rotatable bonds is 4. The van der Waals surface area contributed by atoms with Gasteiger partial charge in [0.2, 0.25) is 0 Å². The molecule has 1 heterocycles. The summed E-state index contributed by atoms with van der Waals surface area (Å²) < 4.78 is 9.97. The van der Waals surface area contributed by atoms with E-state index < -0.39 is 0 Å². The Morgan fingerprint density at radius 2 is 1.88 bits per heavy atom. The van der Waals surface area contributed by atoms with Crippen LogP contribution in [0.1, 0.15) is 33.4 Å². The molecule has 0 fully saturated rings. The maximum Gasteiger partial charge on any atom is 0.338 e. The van der Waals surface area contributed by atoms with E-state index in [1.165, 1.54) is 6.26 Å². The number of anilines is 1. The molecule has 7 nitrogen and oxygen atoms in total. The molecule has 0 aliphatic rings. The van der Waals surface area contributed by atoms with Gasteiger partial charge >= 0.3 is 5.97 Å². The maximum atomic E-state index is 11.9. The predicted octanol–water partition coefficient (Wildman–Crippen LogP) is 2.40. The minimum atomic E-state index is -0.382. The molecule has 0 saturated heterocycles. The minimum absolute atomic E-state index is 0.202. The number of nitrogens with one attached hydrogen (secondary N) is 3. The first-order valence-electron chi connectivity index (χ1n) is 7.20. The van der Waals surface area contributed by atoms with Gasteiger partial charge in [0, 0.05) is 5.69 Å². The van der Waals surface area contributed by atoms with Crippen LogP contribution >= 0.6 is 12.2 Å². The lowest BCUT2D eigenvalue weighted by molar-refractivity contribution is 0.0526. The van der Waals surface area contributed by atoms with E-state index in [4.69, 9.17) is 21.4 Å². The topological polar surface area (TPSA) is 92.6 Å². The van der Waals surface area contributed by atoms with Crippen molar-refractivity contribution in [1.82, 2.24) is 10.9 Å². The van der Waals surface area contributed by atoms with Crippen molar-refractivity contribution in [1.29, 1.82) is 0 Å². The second-order valence-corrected chi connectivity index (χ2v) is 5.13. The second-order valence-electron chi connectivity index (χ2n) is 4.72. The number of aryl methyl sites for hydroxylation is 1. The van der Waals surface area contributed by atoms with E-state index in [1.807, 2.05) is 0 Å². The fraction of sp³-hybridized carbons (Fsp3) is 0.188. The first-order chi connectivity index (χ1) is 11.5. The molecule has 0 aliphatic heterocycles. The van der Waals surface area contributed by atoms with Gasteiger partial charge in [0.15, 0.2) is 5.11 Å². The van der Waals surface area contributed by atoms with Crippen LogP contribution in [0.25, 0.3) is 0 Å². The zero-order chi connectivity index (χ0) is 17.5. The van der Waals surface area contributed by atoms with Gasteiger partial charge in [-0.05, 0) is 56.4 Å². The Labute approximate surface area is 144 Å². The Morgan fingerprint density at radius 3 is 2.46 bits per heavy atom. The molecule has 0 aliphatic carbocycles. The van der Waals surface area contributed by atoms with Crippen LogP contribution in [-0.4, -0.2) is 23.6 Å². The van der Waals surface area contributed by atoms with Gasteiger partial charge in [-0.3, -0.25) is 15.6 Å². The molecule has 0 atom stereocenters. The number of benzene rings is 1. The first-order valence-corrected chi connectivity index (χ1v) is 7.60. The molecule has 24 heavy (non-hydrogen) atoms. The lowest BCUT2D eigenvalue weighted by Crippen LogP contribution is -2.43. The van der Waals surface area contributed by atoms with E-state index in [9.17, 15) is 9.59 Å². The highest BCUT2D eigenvalue weighted by atomic mass is 32.1. The standard InChI is InChI=1S/C16H17N3O4S/c1-3-22-15(21)11-4-6-12(7-5-11)17-16(24)19-18-14(20)13-8-9-23-10(13)2/h4-9H,3H2,1-2H3,(H,18,20)(H2,17,19,24). The summed E-state index contributed by atoms with van der Waals surface area (Å²) in [6, 6.07) is 8.17. The number of esters is 1. The molecule has 0 spiro atoms. The van der Waals surface area contributed by atoms with Crippen LogP contribution in [0, 0.1) is 6.92 Å². The number of ether oxygens (including phenoxy) is 1. The van der Waals surface area contributed by atoms with E-state index in [1.54, 1.807) is 44.2 Å². The Balaban J connectivity index is 1.85. The fourth-order valence-electron chi connectivity index (χ4n) is 1.87. The molecule has 8 heteroatoms. The third-order valence-electron chi connectivity index (χ3n) is 3.05. The van der Waals surface area contributed by atoms with Crippen molar-refractivity contribution in [2.24, 2.45) is 0 Å². The van der Waals surface area contributed by atoms with Crippen LogP contribution in [0.3, 0.4) is 0 Å². The fourth-order valence-corrected chi connectivity index (χ4v) is 2.04. The van der Waals surface area contributed by atoms with Gasteiger partial charge in [-0.2, -0.15) is 0 Å². The quantitative estimate of drug-likeness (QED) is 0.444. The SMILES string of the molecule is CCOC(=O)c1ccc(NC(=S)NNC(=O)c2ccoc2C)cc1.